The molecule has 1 aromatic heterocycles. The first-order chi connectivity index (χ1) is 7.45. The van der Waals surface area contributed by atoms with Gasteiger partial charge < -0.3 is 14.4 Å². The summed E-state index contributed by atoms with van der Waals surface area (Å²) in [4.78, 5) is 0. The van der Waals surface area contributed by atoms with Crippen LogP contribution in [-0.2, 0) is 12.6 Å². The molecule has 0 bridgehead atoms. The molecule has 86 valence electrons. The number of aliphatic hydroxyl groups is 1. The summed E-state index contributed by atoms with van der Waals surface area (Å²) in [6, 6.07) is 7.90. The summed E-state index contributed by atoms with van der Waals surface area (Å²) in [5.74, 6) is 0.829. The van der Waals surface area contributed by atoms with E-state index in [1.807, 2.05) is 35.9 Å². The molecular formula is C13H17NO2. The van der Waals surface area contributed by atoms with Crippen molar-refractivity contribution < 1.29 is 9.84 Å². The fourth-order valence-corrected chi connectivity index (χ4v) is 2.13. The van der Waals surface area contributed by atoms with Gasteiger partial charge in [-0.1, -0.05) is 12.1 Å². The lowest BCUT2D eigenvalue weighted by atomic mass is 10.1. The lowest BCUT2D eigenvalue weighted by Crippen LogP contribution is -2.19. The molecule has 0 radical (unpaired) electrons. The second kappa shape index (κ2) is 3.52. The number of aryl methyl sites for hydroxylation is 1. The maximum absolute atomic E-state index is 10.1. The number of hydrogen-bond donors (Lipinski definition) is 1. The summed E-state index contributed by atoms with van der Waals surface area (Å²) in [5.41, 5.74) is 1.05. The minimum Gasteiger partial charge on any atom is -0.495 e. The van der Waals surface area contributed by atoms with Crippen molar-refractivity contribution in [2.24, 2.45) is 7.05 Å². The van der Waals surface area contributed by atoms with Crippen LogP contribution in [0, 0.1) is 0 Å². The van der Waals surface area contributed by atoms with Crippen LogP contribution in [0.1, 0.15) is 19.5 Å². The molecule has 0 aliphatic heterocycles. The van der Waals surface area contributed by atoms with Gasteiger partial charge in [-0.15, -0.1) is 0 Å². The molecule has 0 fully saturated rings. The molecule has 1 aromatic carbocycles. The Morgan fingerprint density at radius 2 is 2.00 bits per heavy atom. The standard InChI is InChI=1S/C13H17NO2/c1-13(2,15)11-8-9-6-5-7-10(16-4)12(9)14(11)3/h5-8,15H,1-4H3. The predicted octanol–water partition coefficient (Wildman–Crippen LogP) is 2.41. The van der Waals surface area contributed by atoms with Crippen LogP contribution in [0.15, 0.2) is 24.3 Å². The molecule has 1 N–H and O–H groups in total. The van der Waals surface area contributed by atoms with E-state index >= 15 is 0 Å². The maximum atomic E-state index is 10.1. The van der Waals surface area contributed by atoms with Gasteiger partial charge in [-0.3, -0.25) is 0 Å². The number of benzene rings is 1. The quantitative estimate of drug-likeness (QED) is 0.841. The van der Waals surface area contributed by atoms with Crippen LogP contribution in [0.5, 0.6) is 5.75 Å². The molecule has 3 heteroatoms. The monoisotopic (exact) mass is 219 g/mol. The number of hydrogen-bond acceptors (Lipinski definition) is 2. The van der Waals surface area contributed by atoms with E-state index in [4.69, 9.17) is 4.74 Å². The zero-order valence-corrected chi connectivity index (χ0v) is 10.1. The summed E-state index contributed by atoms with van der Waals surface area (Å²) in [6.07, 6.45) is 0. The number of nitrogens with zero attached hydrogens (tertiary/aromatic N) is 1. The van der Waals surface area contributed by atoms with Crippen LogP contribution in [0.2, 0.25) is 0 Å². The predicted molar refractivity (Wildman–Crippen MR) is 64.7 cm³/mol. The molecular weight excluding hydrogens is 202 g/mol. The van der Waals surface area contributed by atoms with Gasteiger partial charge in [0.1, 0.15) is 5.75 Å². The summed E-state index contributed by atoms with van der Waals surface area (Å²) in [7, 11) is 3.60. The first-order valence-electron chi connectivity index (χ1n) is 5.30. The third kappa shape index (κ3) is 1.57. The highest BCUT2D eigenvalue weighted by Gasteiger charge is 2.22. The zero-order chi connectivity index (χ0) is 11.9. The largest absolute Gasteiger partial charge is 0.495 e. The Balaban J connectivity index is 2.79. The molecule has 0 saturated carbocycles. The average Bonchev–Trinajstić information content (AvgIpc) is 2.56. The average molecular weight is 219 g/mol. The van der Waals surface area contributed by atoms with Crippen LogP contribution in [-0.4, -0.2) is 16.8 Å². The molecule has 2 rings (SSSR count). The van der Waals surface area contributed by atoms with Crippen molar-refractivity contribution in [2.75, 3.05) is 7.11 Å². The van der Waals surface area contributed by atoms with Crippen LogP contribution < -0.4 is 4.74 Å². The lowest BCUT2D eigenvalue weighted by molar-refractivity contribution is 0.0712. The van der Waals surface area contributed by atoms with Crippen LogP contribution in [0.3, 0.4) is 0 Å². The van der Waals surface area contributed by atoms with Crippen molar-refractivity contribution in [1.29, 1.82) is 0 Å². The first-order valence-corrected chi connectivity index (χ1v) is 5.30. The van der Waals surface area contributed by atoms with Gasteiger partial charge in [-0.2, -0.15) is 0 Å². The second-order valence-corrected chi connectivity index (χ2v) is 4.55. The number of methoxy groups -OCH3 is 1. The minimum atomic E-state index is -0.848. The van der Waals surface area contributed by atoms with Gasteiger partial charge >= 0.3 is 0 Å². The topological polar surface area (TPSA) is 34.4 Å². The second-order valence-electron chi connectivity index (χ2n) is 4.55. The van der Waals surface area contributed by atoms with Crippen LogP contribution in [0.4, 0.5) is 0 Å². The van der Waals surface area contributed by atoms with Crippen molar-refractivity contribution in [3.05, 3.63) is 30.0 Å². The molecule has 16 heavy (non-hydrogen) atoms. The van der Waals surface area contributed by atoms with E-state index < -0.39 is 5.60 Å². The first kappa shape index (κ1) is 11.0. The van der Waals surface area contributed by atoms with Gasteiger partial charge in [-0.05, 0) is 26.0 Å². The van der Waals surface area contributed by atoms with Crippen LogP contribution >= 0.6 is 0 Å². The van der Waals surface area contributed by atoms with Gasteiger partial charge in [0.25, 0.3) is 0 Å². The van der Waals surface area contributed by atoms with Gasteiger partial charge in [0.15, 0.2) is 0 Å². The zero-order valence-electron chi connectivity index (χ0n) is 10.1. The number of ether oxygens (including phenoxy) is 1. The maximum Gasteiger partial charge on any atom is 0.143 e. The van der Waals surface area contributed by atoms with E-state index in [1.165, 1.54) is 0 Å². The molecule has 2 aromatic rings. The fraction of sp³-hybridized carbons (Fsp3) is 0.385. The highest BCUT2D eigenvalue weighted by molar-refractivity contribution is 5.87. The third-order valence-electron chi connectivity index (χ3n) is 2.87. The van der Waals surface area contributed by atoms with E-state index in [0.29, 0.717) is 0 Å². The lowest BCUT2D eigenvalue weighted by Gasteiger charge is -2.18. The number of para-hydroxylation sites is 1. The summed E-state index contributed by atoms with van der Waals surface area (Å²) >= 11 is 0. The highest BCUT2D eigenvalue weighted by atomic mass is 16.5. The molecule has 1 heterocycles. The third-order valence-corrected chi connectivity index (χ3v) is 2.87. The van der Waals surface area contributed by atoms with Gasteiger partial charge in [0.2, 0.25) is 0 Å². The van der Waals surface area contributed by atoms with E-state index in [2.05, 4.69) is 0 Å². The SMILES string of the molecule is COc1cccc2cc(C(C)(C)O)n(C)c12. The molecule has 0 amide bonds. The molecule has 0 spiro atoms. The molecule has 0 unspecified atom stereocenters. The molecule has 0 atom stereocenters. The Labute approximate surface area is 95.3 Å². The highest BCUT2D eigenvalue weighted by Crippen LogP contribution is 2.32. The van der Waals surface area contributed by atoms with Crippen molar-refractivity contribution in [3.63, 3.8) is 0 Å². The van der Waals surface area contributed by atoms with Crippen molar-refractivity contribution in [1.82, 2.24) is 4.57 Å². The fourth-order valence-electron chi connectivity index (χ4n) is 2.13. The Morgan fingerprint density at radius 3 is 2.56 bits per heavy atom. The van der Waals surface area contributed by atoms with Crippen molar-refractivity contribution in [2.45, 2.75) is 19.4 Å². The van der Waals surface area contributed by atoms with E-state index in [9.17, 15) is 5.11 Å². The van der Waals surface area contributed by atoms with Gasteiger partial charge in [-0.25, -0.2) is 0 Å². The smallest absolute Gasteiger partial charge is 0.143 e. The molecule has 0 saturated heterocycles. The van der Waals surface area contributed by atoms with Crippen LogP contribution in [0.25, 0.3) is 10.9 Å². The number of aromatic nitrogens is 1. The Hall–Kier alpha value is -1.48. The Kier molecular flexibility index (Phi) is 2.43. The van der Waals surface area contributed by atoms with Crippen molar-refractivity contribution >= 4 is 10.9 Å². The summed E-state index contributed by atoms with van der Waals surface area (Å²) in [6.45, 7) is 3.57. The van der Waals surface area contributed by atoms with Gasteiger partial charge in [0, 0.05) is 18.1 Å². The van der Waals surface area contributed by atoms with E-state index in [0.717, 1.165) is 22.3 Å². The summed E-state index contributed by atoms with van der Waals surface area (Å²) < 4.78 is 7.31. The minimum absolute atomic E-state index is 0.829. The van der Waals surface area contributed by atoms with E-state index in [1.54, 1.807) is 21.0 Å². The number of rotatable bonds is 2. The van der Waals surface area contributed by atoms with Gasteiger partial charge in [0.05, 0.1) is 18.2 Å². The normalized spacial score (nSPS) is 12.1. The molecule has 0 aliphatic carbocycles. The summed E-state index contributed by atoms with van der Waals surface area (Å²) in [5, 5.41) is 11.2. The Bertz CT molecular complexity index is 520. The molecule has 3 nitrogen and oxygen atoms in total. The Morgan fingerprint density at radius 1 is 1.31 bits per heavy atom. The molecule has 0 aliphatic rings. The number of fused-ring (bicyclic) bond motifs is 1. The van der Waals surface area contributed by atoms with Crippen molar-refractivity contribution in [3.8, 4) is 5.75 Å². The van der Waals surface area contributed by atoms with E-state index in [-0.39, 0.29) is 0 Å².